The van der Waals surface area contributed by atoms with E-state index in [0.29, 0.717) is 0 Å². The van der Waals surface area contributed by atoms with Crippen molar-refractivity contribution in [2.75, 3.05) is 0 Å². The van der Waals surface area contributed by atoms with Gasteiger partial charge in [-0.2, -0.15) is 5.10 Å². The first kappa shape index (κ1) is 9.48. The van der Waals surface area contributed by atoms with E-state index in [4.69, 9.17) is 0 Å². The molecule has 0 bridgehead atoms. The van der Waals surface area contributed by atoms with E-state index in [-0.39, 0.29) is 0 Å². The topological polar surface area (TPSA) is 25.8 Å². The van der Waals surface area contributed by atoms with Crippen molar-refractivity contribution in [1.82, 2.24) is 10.2 Å². The lowest BCUT2D eigenvalue weighted by atomic mass is 10.1. The average Bonchev–Trinajstić information content (AvgIpc) is 2.75. The lowest BCUT2D eigenvalue weighted by Gasteiger charge is -2.01. The monoisotopic (exact) mass is 226 g/mol. The van der Waals surface area contributed by atoms with Crippen LogP contribution >= 0.6 is 11.3 Å². The summed E-state index contributed by atoms with van der Waals surface area (Å²) in [5.74, 6) is 0. The van der Waals surface area contributed by atoms with Crippen molar-refractivity contribution >= 4 is 22.1 Å². The molecule has 0 saturated carbocycles. The van der Waals surface area contributed by atoms with Gasteiger partial charge in [-0.3, -0.25) is 0 Å². The van der Waals surface area contributed by atoms with Gasteiger partial charge in [-0.1, -0.05) is 24.3 Å². The van der Waals surface area contributed by atoms with E-state index in [1.807, 2.05) is 12.1 Å². The van der Waals surface area contributed by atoms with E-state index in [1.54, 1.807) is 17.5 Å². The van der Waals surface area contributed by atoms with Crippen LogP contribution in [0.4, 0.5) is 0 Å². The molecular weight excluding hydrogens is 216 g/mol. The maximum Gasteiger partial charge on any atom is 0.111 e. The molecule has 78 valence electrons. The van der Waals surface area contributed by atoms with Gasteiger partial charge in [0.25, 0.3) is 0 Å². The third-order valence-corrected chi connectivity index (χ3v) is 3.59. The summed E-state index contributed by atoms with van der Waals surface area (Å²) in [7, 11) is 0. The summed E-state index contributed by atoms with van der Waals surface area (Å²) in [6.07, 6.45) is 1.80. The van der Waals surface area contributed by atoms with Crippen LogP contribution in [0.15, 0.2) is 41.9 Å². The van der Waals surface area contributed by atoms with Crippen molar-refractivity contribution in [2.45, 2.75) is 6.92 Å². The molecule has 0 amide bonds. The molecule has 0 aliphatic heterocycles. The van der Waals surface area contributed by atoms with Gasteiger partial charge in [0.2, 0.25) is 0 Å². The van der Waals surface area contributed by atoms with Crippen molar-refractivity contribution < 1.29 is 0 Å². The Morgan fingerprint density at radius 1 is 1.19 bits per heavy atom. The zero-order valence-electron chi connectivity index (χ0n) is 8.84. The fraction of sp³-hybridized carbons (Fsp3) is 0.0769. The van der Waals surface area contributed by atoms with Crippen molar-refractivity contribution in [3.63, 3.8) is 0 Å². The molecule has 0 fully saturated rings. The Labute approximate surface area is 97.6 Å². The van der Waals surface area contributed by atoms with Gasteiger partial charge in [0, 0.05) is 10.8 Å². The minimum absolute atomic E-state index is 0.983. The number of fused-ring (bicyclic) bond motifs is 1. The van der Waals surface area contributed by atoms with Crippen LogP contribution in [-0.4, -0.2) is 10.2 Å². The highest BCUT2D eigenvalue weighted by Gasteiger charge is 2.07. The average molecular weight is 226 g/mol. The Bertz CT molecular complexity index is 638. The molecule has 0 unspecified atom stereocenters. The van der Waals surface area contributed by atoms with Crippen LogP contribution in [0.2, 0.25) is 0 Å². The van der Waals surface area contributed by atoms with E-state index < -0.39 is 0 Å². The second kappa shape index (κ2) is 3.68. The van der Waals surface area contributed by atoms with Crippen LogP contribution in [0.5, 0.6) is 0 Å². The first-order valence-electron chi connectivity index (χ1n) is 5.10. The number of aryl methyl sites for hydroxylation is 1. The summed E-state index contributed by atoms with van der Waals surface area (Å²) >= 11 is 1.71. The van der Waals surface area contributed by atoms with Crippen LogP contribution in [0.1, 0.15) is 5.56 Å². The van der Waals surface area contributed by atoms with Gasteiger partial charge in [-0.25, -0.2) is 0 Å². The maximum absolute atomic E-state index is 4.25. The van der Waals surface area contributed by atoms with Gasteiger partial charge >= 0.3 is 0 Å². The van der Waals surface area contributed by atoms with Gasteiger partial charge in [0.05, 0.1) is 11.1 Å². The zero-order valence-corrected chi connectivity index (χ0v) is 9.66. The van der Waals surface area contributed by atoms with Crippen molar-refractivity contribution in [3.05, 3.63) is 47.5 Å². The zero-order chi connectivity index (χ0) is 11.0. The predicted octanol–water partition coefficient (Wildman–Crippen LogP) is 3.67. The van der Waals surface area contributed by atoms with Crippen LogP contribution < -0.4 is 0 Å². The Morgan fingerprint density at radius 2 is 2.06 bits per heavy atom. The largest absolute Gasteiger partial charge is 0.158 e. The highest BCUT2D eigenvalue weighted by atomic mass is 32.1. The summed E-state index contributed by atoms with van der Waals surface area (Å²) in [4.78, 5) is 1.18. The van der Waals surface area contributed by atoms with E-state index in [0.717, 1.165) is 11.1 Å². The van der Waals surface area contributed by atoms with Crippen LogP contribution in [0, 0.1) is 6.92 Å². The summed E-state index contributed by atoms with van der Waals surface area (Å²) in [6.45, 7) is 2.10. The molecule has 2 heterocycles. The standard InChI is InChI=1S/C13H10N2S/c1-9-6-12(16-8-9)13-11-5-3-2-4-10(11)7-14-15-13/h2-8H,1H3. The summed E-state index contributed by atoms with van der Waals surface area (Å²) in [5.41, 5.74) is 2.26. The minimum Gasteiger partial charge on any atom is -0.158 e. The van der Waals surface area contributed by atoms with E-state index in [2.05, 4.69) is 40.7 Å². The second-order valence-corrected chi connectivity index (χ2v) is 4.68. The number of rotatable bonds is 1. The van der Waals surface area contributed by atoms with Crippen molar-refractivity contribution in [1.29, 1.82) is 0 Å². The smallest absolute Gasteiger partial charge is 0.111 e. The van der Waals surface area contributed by atoms with E-state index in [9.17, 15) is 0 Å². The minimum atomic E-state index is 0.983. The Morgan fingerprint density at radius 3 is 2.88 bits per heavy atom. The predicted molar refractivity (Wildman–Crippen MR) is 67.6 cm³/mol. The number of benzene rings is 1. The van der Waals surface area contributed by atoms with Gasteiger partial charge in [-0.15, -0.1) is 16.4 Å². The number of hydrogen-bond donors (Lipinski definition) is 0. The molecule has 0 atom stereocenters. The molecule has 3 aromatic rings. The van der Waals surface area contributed by atoms with Crippen LogP contribution in [0.25, 0.3) is 21.3 Å². The lowest BCUT2D eigenvalue weighted by molar-refractivity contribution is 1.06. The number of nitrogens with zero attached hydrogens (tertiary/aromatic N) is 2. The molecule has 0 spiro atoms. The third-order valence-electron chi connectivity index (χ3n) is 2.53. The molecule has 2 aromatic heterocycles. The van der Waals surface area contributed by atoms with Crippen molar-refractivity contribution in [2.24, 2.45) is 0 Å². The Hall–Kier alpha value is -1.74. The first-order chi connectivity index (χ1) is 7.84. The molecule has 3 rings (SSSR count). The molecule has 16 heavy (non-hydrogen) atoms. The number of hydrogen-bond acceptors (Lipinski definition) is 3. The summed E-state index contributed by atoms with van der Waals surface area (Å²) in [6, 6.07) is 10.4. The van der Waals surface area contributed by atoms with Crippen LogP contribution in [0.3, 0.4) is 0 Å². The molecule has 0 aliphatic rings. The van der Waals surface area contributed by atoms with Gasteiger partial charge in [0.15, 0.2) is 0 Å². The molecule has 3 heteroatoms. The molecule has 0 N–H and O–H groups in total. The number of thiophene rings is 1. The quantitative estimate of drug-likeness (QED) is 0.632. The summed E-state index contributed by atoms with van der Waals surface area (Å²) < 4.78 is 0. The highest BCUT2D eigenvalue weighted by molar-refractivity contribution is 7.13. The molecular formula is C13H10N2S. The van der Waals surface area contributed by atoms with Gasteiger partial charge < -0.3 is 0 Å². The number of aromatic nitrogens is 2. The normalized spacial score (nSPS) is 10.8. The molecule has 0 saturated heterocycles. The fourth-order valence-electron chi connectivity index (χ4n) is 1.77. The lowest BCUT2D eigenvalue weighted by Crippen LogP contribution is -1.86. The SMILES string of the molecule is Cc1csc(-c2nncc3ccccc23)c1. The Balaban J connectivity index is 2.31. The summed E-state index contributed by atoms with van der Waals surface area (Å²) in [5, 5.41) is 12.7. The van der Waals surface area contributed by atoms with E-state index in [1.165, 1.54) is 15.8 Å². The van der Waals surface area contributed by atoms with Crippen LogP contribution in [-0.2, 0) is 0 Å². The maximum atomic E-state index is 4.25. The highest BCUT2D eigenvalue weighted by Crippen LogP contribution is 2.30. The van der Waals surface area contributed by atoms with Gasteiger partial charge in [-0.05, 0) is 23.9 Å². The fourth-order valence-corrected chi connectivity index (χ4v) is 2.66. The second-order valence-electron chi connectivity index (χ2n) is 3.77. The Kier molecular flexibility index (Phi) is 2.18. The molecule has 0 aliphatic carbocycles. The molecule has 2 nitrogen and oxygen atoms in total. The van der Waals surface area contributed by atoms with Crippen molar-refractivity contribution in [3.8, 4) is 10.6 Å². The third kappa shape index (κ3) is 1.49. The first-order valence-corrected chi connectivity index (χ1v) is 5.98. The van der Waals surface area contributed by atoms with E-state index >= 15 is 0 Å². The van der Waals surface area contributed by atoms with Gasteiger partial charge in [0.1, 0.15) is 5.69 Å². The molecule has 1 aromatic carbocycles. The molecule has 0 radical (unpaired) electrons.